The first-order valence-electron chi connectivity index (χ1n) is 8.14. The molecule has 0 spiro atoms. The van der Waals surface area contributed by atoms with Gasteiger partial charge < -0.3 is 4.74 Å². The Hall–Kier alpha value is -1.31. The van der Waals surface area contributed by atoms with Crippen molar-refractivity contribution < 1.29 is 9.53 Å². The molecule has 0 radical (unpaired) electrons. The highest BCUT2D eigenvalue weighted by Gasteiger charge is 2.30. The molecule has 0 atom stereocenters. The number of carbonyl (C=O) groups excluding carboxylic acids is 1. The molecule has 2 heteroatoms. The van der Waals surface area contributed by atoms with E-state index in [1.54, 1.807) is 7.11 Å². The average molecular weight is 288 g/mol. The van der Waals surface area contributed by atoms with Crippen molar-refractivity contribution in [2.45, 2.75) is 53.4 Å². The van der Waals surface area contributed by atoms with Crippen molar-refractivity contribution in [2.75, 3.05) is 7.11 Å². The van der Waals surface area contributed by atoms with Gasteiger partial charge in [-0.25, -0.2) is 0 Å². The summed E-state index contributed by atoms with van der Waals surface area (Å²) in [7, 11) is 1.66. The molecular formula is C19H28O2. The highest BCUT2D eigenvalue weighted by molar-refractivity contribution is 6.00. The van der Waals surface area contributed by atoms with Crippen LogP contribution in [-0.2, 0) is 0 Å². The summed E-state index contributed by atoms with van der Waals surface area (Å²) in [6.45, 7) is 8.67. The largest absolute Gasteiger partial charge is 0.496 e. The number of hydrogen-bond donors (Lipinski definition) is 0. The molecule has 0 bridgehead atoms. The maximum atomic E-state index is 12.8. The van der Waals surface area contributed by atoms with Gasteiger partial charge in [-0.1, -0.05) is 19.9 Å². The van der Waals surface area contributed by atoms with Crippen LogP contribution in [0, 0.1) is 31.6 Å². The minimum atomic E-state index is 0.177. The number of methoxy groups -OCH3 is 1. The Balaban J connectivity index is 2.16. The van der Waals surface area contributed by atoms with Crippen molar-refractivity contribution in [3.8, 4) is 5.75 Å². The topological polar surface area (TPSA) is 26.3 Å². The lowest BCUT2D eigenvalue weighted by molar-refractivity contribution is 0.0855. The molecule has 1 aromatic carbocycles. The number of rotatable bonds is 4. The second-order valence-electron chi connectivity index (χ2n) is 6.81. The zero-order valence-electron chi connectivity index (χ0n) is 14.0. The molecule has 0 saturated heterocycles. The zero-order valence-corrected chi connectivity index (χ0v) is 14.0. The SMILES string of the molecule is COc1c(C(=O)C2CCC(C(C)C)CC2)ccc(C)c1C. The standard InChI is InChI=1S/C19H28O2/c1-12(2)15-7-9-16(10-8-15)18(20)17-11-6-13(3)14(4)19(17)21-5/h6,11-12,15-16H,7-10H2,1-5H3. The smallest absolute Gasteiger partial charge is 0.169 e. The van der Waals surface area contributed by atoms with Gasteiger partial charge in [-0.15, -0.1) is 0 Å². The molecule has 0 N–H and O–H groups in total. The molecule has 1 saturated carbocycles. The first-order chi connectivity index (χ1) is 9.95. The van der Waals surface area contributed by atoms with Gasteiger partial charge in [0.15, 0.2) is 5.78 Å². The van der Waals surface area contributed by atoms with Gasteiger partial charge in [0.2, 0.25) is 0 Å². The molecule has 0 amide bonds. The maximum Gasteiger partial charge on any atom is 0.169 e. The second kappa shape index (κ2) is 6.64. The van der Waals surface area contributed by atoms with Crippen LogP contribution in [0.4, 0.5) is 0 Å². The molecule has 2 rings (SSSR count). The van der Waals surface area contributed by atoms with Crippen LogP contribution in [-0.4, -0.2) is 12.9 Å². The van der Waals surface area contributed by atoms with Gasteiger partial charge in [-0.05, 0) is 68.6 Å². The third kappa shape index (κ3) is 3.30. The van der Waals surface area contributed by atoms with E-state index < -0.39 is 0 Å². The summed E-state index contributed by atoms with van der Waals surface area (Å²) in [6, 6.07) is 3.98. The average Bonchev–Trinajstić information content (AvgIpc) is 2.49. The van der Waals surface area contributed by atoms with Gasteiger partial charge in [0.25, 0.3) is 0 Å². The fraction of sp³-hybridized carbons (Fsp3) is 0.632. The van der Waals surface area contributed by atoms with Crippen LogP contribution in [0.1, 0.15) is 61.0 Å². The number of ether oxygens (including phenoxy) is 1. The molecule has 116 valence electrons. The van der Waals surface area contributed by atoms with E-state index in [1.807, 2.05) is 19.1 Å². The van der Waals surface area contributed by atoms with Gasteiger partial charge in [0.05, 0.1) is 12.7 Å². The lowest BCUT2D eigenvalue weighted by Gasteiger charge is -2.30. The van der Waals surface area contributed by atoms with E-state index in [0.717, 1.165) is 41.6 Å². The summed E-state index contributed by atoms with van der Waals surface area (Å²) < 4.78 is 5.51. The van der Waals surface area contributed by atoms with E-state index >= 15 is 0 Å². The highest BCUT2D eigenvalue weighted by atomic mass is 16.5. The lowest BCUT2D eigenvalue weighted by atomic mass is 9.74. The molecular weight excluding hydrogens is 260 g/mol. The molecule has 0 aromatic heterocycles. The zero-order chi connectivity index (χ0) is 15.6. The van der Waals surface area contributed by atoms with Crippen molar-refractivity contribution in [3.05, 3.63) is 28.8 Å². The van der Waals surface area contributed by atoms with Gasteiger partial charge >= 0.3 is 0 Å². The quantitative estimate of drug-likeness (QED) is 0.732. The molecule has 1 aliphatic rings. The number of aryl methyl sites for hydroxylation is 1. The summed E-state index contributed by atoms with van der Waals surface area (Å²) in [6.07, 6.45) is 4.41. The number of ketones is 1. The Morgan fingerprint density at radius 3 is 2.29 bits per heavy atom. The van der Waals surface area contributed by atoms with Crippen LogP contribution in [0.2, 0.25) is 0 Å². The van der Waals surface area contributed by atoms with Gasteiger partial charge in [0.1, 0.15) is 5.75 Å². The van der Waals surface area contributed by atoms with Crippen LogP contribution in [0.5, 0.6) is 5.75 Å². The fourth-order valence-electron chi connectivity index (χ4n) is 3.52. The molecule has 0 heterocycles. The summed E-state index contributed by atoms with van der Waals surface area (Å²) in [5, 5.41) is 0. The minimum absolute atomic E-state index is 0.177. The monoisotopic (exact) mass is 288 g/mol. The minimum Gasteiger partial charge on any atom is -0.496 e. The van der Waals surface area contributed by atoms with E-state index in [1.165, 1.54) is 18.4 Å². The van der Waals surface area contributed by atoms with E-state index in [0.29, 0.717) is 0 Å². The second-order valence-corrected chi connectivity index (χ2v) is 6.81. The Kier molecular flexibility index (Phi) is 5.08. The van der Waals surface area contributed by atoms with Gasteiger partial charge in [0, 0.05) is 5.92 Å². The molecule has 2 nitrogen and oxygen atoms in total. The maximum absolute atomic E-state index is 12.8. The van der Waals surface area contributed by atoms with Crippen molar-refractivity contribution in [1.82, 2.24) is 0 Å². The highest BCUT2D eigenvalue weighted by Crippen LogP contribution is 2.37. The van der Waals surface area contributed by atoms with E-state index in [4.69, 9.17) is 4.74 Å². The number of hydrogen-bond acceptors (Lipinski definition) is 2. The number of benzene rings is 1. The molecule has 1 fully saturated rings. The van der Waals surface area contributed by atoms with Crippen LogP contribution in [0.15, 0.2) is 12.1 Å². The predicted octanol–water partition coefficient (Wildman–Crippen LogP) is 4.96. The Labute approximate surface area is 128 Å². The summed E-state index contributed by atoms with van der Waals surface area (Å²) in [4.78, 5) is 12.8. The third-order valence-corrected chi connectivity index (χ3v) is 5.23. The molecule has 21 heavy (non-hydrogen) atoms. The Bertz CT molecular complexity index is 509. The van der Waals surface area contributed by atoms with Crippen molar-refractivity contribution >= 4 is 5.78 Å². The van der Waals surface area contributed by atoms with Crippen molar-refractivity contribution in [1.29, 1.82) is 0 Å². The molecule has 0 aliphatic heterocycles. The van der Waals surface area contributed by atoms with Crippen molar-refractivity contribution in [2.24, 2.45) is 17.8 Å². The summed E-state index contributed by atoms with van der Waals surface area (Å²) in [5.74, 6) is 2.74. The van der Waals surface area contributed by atoms with E-state index in [9.17, 15) is 4.79 Å². The Morgan fingerprint density at radius 1 is 1.14 bits per heavy atom. The normalized spacial score (nSPS) is 22.4. The van der Waals surface area contributed by atoms with E-state index in [2.05, 4.69) is 20.8 Å². The number of Topliss-reactive ketones (excluding diaryl/α,β-unsaturated/α-hetero) is 1. The first-order valence-corrected chi connectivity index (χ1v) is 8.14. The Morgan fingerprint density at radius 2 is 1.76 bits per heavy atom. The van der Waals surface area contributed by atoms with Gasteiger partial charge in [-0.3, -0.25) is 4.79 Å². The fourth-order valence-corrected chi connectivity index (χ4v) is 3.52. The third-order valence-electron chi connectivity index (χ3n) is 5.23. The summed E-state index contributed by atoms with van der Waals surface area (Å²) in [5.41, 5.74) is 3.03. The van der Waals surface area contributed by atoms with Gasteiger partial charge in [-0.2, -0.15) is 0 Å². The van der Waals surface area contributed by atoms with E-state index in [-0.39, 0.29) is 11.7 Å². The molecule has 1 aliphatic carbocycles. The lowest BCUT2D eigenvalue weighted by Crippen LogP contribution is -2.24. The van der Waals surface area contributed by atoms with Crippen LogP contribution >= 0.6 is 0 Å². The number of carbonyl (C=O) groups is 1. The summed E-state index contributed by atoms with van der Waals surface area (Å²) >= 11 is 0. The van der Waals surface area contributed by atoms with Crippen LogP contribution < -0.4 is 4.74 Å². The molecule has 0 unspecified atom stereocenters. The molecule has 1 aromatic rings. The predicted molar refractivity (Wildman–Crippen MR) is 87.1 cm³/mol. The van der Waals surface area contributed by atoms with Crippen LogP contribution in [0.25, 0.3) is 0 Å². The van der Waals surface area contributed by atoms with Crippen LogP contribution in [0.3, 0.4) is 0 Å². The van der Waals surface area contributed by atoms with Crippen molar-refractivity contribution in [3.63, 3.8) is 0 Å². The first kappa shape index (κ1) is 16.1.